The molecule has 24 heavy (non-hydrogen) atoms. The van der Waals surface area contributed by atoms with Gasteiger partial charge in [-0.05, 0) is 55.2 Å². The molecule has 0 spiro atoms. The minimum atomic E-state index is -0.0906. The van der Waals surface area contributed by atoms with Gasteiger partial charge in [0.2, 0.25) is 0 Å². The Balaban J connectivity index is 1.86. The van der Waals surface area contributed by atoms with Crippen molar-refractivity contribution in [3.8, 4) is 11.5 Å². The van der Waals surface area contributed by atoms with E-state index in [1.54, 1.807) is 26.4 Å². The van der Waals surface area contributed by atoms with Crippen LogP contribution in [0.5, 0.6) is 11.5 Å². The number of anilines is 1. The van der Waals surface area contributed by atoms with E-state index in [2.05, 4.69) is 5.32 Å². The van der Waals surface area contributed by atoms with E-state index in [4.69, 9.17) is 15.2 Å². The number of hydrogen-bond acceptors (Lipinski definition) is 4. The normalized spacial score (nSPS) is 10.3. The van der Waals surface area contributed by atoms with E-state index < -0.39 is 0 Å². The Kier molecular flexibility index (Phi) is 6.07. The minimum absolute atomic E-state index is 0.0906. The number of aryl methyl sites for hydroxylation is 2. The molecule has 0 aliphatic carbocycles. The smallest absolute Gasteiger partial charge is 0.251 e. The van der Waals surface area contributed by atoms with Crippen LogP contribution in [0.2, 0.25) is 0 Å². The second kappa shape index (κ2) is 8.24. The van der Waals surface area contributed by atoms with Gasteiger partial charge in [0.1, 0.15) is 0 Å². The Hall–Kier alpha value is -2.69. The van der Waals surface area contributed by atoms with Gasteiger partial charge in [-0.3, -0.25) is 4.79 Å². The average Bonchev–Trinajstić information content (AvgIpc) is 2.60. The van der Waals surface area contributed by atoms with Crippen LogP contribution in [0.1, 0.15) is 27.9 Å². The van der Waals surface area contributed by atoms with E-state index in [0.29, 0.717) is 23.5 Å². The first-order valence-corrected chi connectivity index (χ1v) is 7.90. The number of carbonyl (C=O) groups is 1. The number of hydrogen-bond donors (Lipinski definition) is 2. The van der Waals surface area contributed by atoms with E-state index >= 15 is 0 Å². The van der Waals surface area contributed by atoms with E-state index in [1.807, 2.05) is 31.2 Å². The fourth-order valence-electron chi connectivity index (χ4n) is 2.51. The van der Waals surface area contributed by atoms with Gasteiger partial charge in [-0.2, -0.15) is 0 Å². The van der Waals surface area contributed by atoms with Gasteiger partial charge in [-0.15, -0.1) is 0 Å². The van der Waals surface area contributed by atoms with Gasteiger partial charge < -0.3 is 20.5 Å². The summed E-state index contributed by atoms with van der Waals surface area (Å²) in [6.07, 6.45) is 1.68. The van der Waals surface area contributed by atoms with Crippen LogP contribution in [-0.4, -0.2) is 26.7 Å². The highest BCUT2D eigenvalue weighted by molar-refractivity contribution is 5.96. The van der Waals surface area contributed by atoms with Crippen LogP contribution in [0.25, 0.3) is 0 Å². The molecular weight excluding hydrogens is 304 g/mol. The van der Waals surface area contributed by atoms with Gasteiger partial charge in [-0.1, -0.05) is 12.1 Å². The number of nitrogens with one attached hydrogen (secondary N) is 1. The van der Waals surface area contributed by atoms with Crippen LogP contribution < -0.4 is 20.5 Å². The molecule has 0 radical (unpaired) electrons. The van der Waals surface area contributed by atoms with Crippen molar-refractivity contribution >= 4 is 11.6 Å². The third-order valence-corrected chi connectivity index (χ3v) is 3.88. The molecule has 1 amide bonds. The molecule has 0 heterocycles. The van der Waals surface area contributed by atoms with Crippen LogP contribution >= 0.6 is 0 Å². The topological polar surface area (TPSA) is 73.6 Å². The highest BCUT2D eigenvalue weighted by Crippen LogP contribution is 2.27. The monoisotopic (exact) mass is 328 g/mol. The zero-order valence-corrected chi connectivity index (χ0v) is 14.4. The quantitative estimate of drug-likeness (QED) is 0.605. The molecule has 2 rings (SSSR count). The van der Waals surface area contributed by atoms with E-state index in [9.17, 15) is 4.79 Å². The third-order valence-electron chi connectivity index (χ3n) is 3.88. The highest BCUT2D eigenvalue weighted by atomic mass is 16.5. The number of benzene rings is 2. The fourth-order valence-corrected chi connectivity index (χ4v) is 2.51. The molecule has 5 heteroatoms. The summed E-state index contributed by atoms with van der Waals surface area (Å²) in [5.41, 5.74) is 9.02. The molecule has 0 aliphatic rings. The van der Waals surface area contributed by atoms with Crippen LogP contribution in [-0.2, 0) is 6.42 Å². The molecule has 5 nitrogen and oxygen atoms in total. The Labute approximate surface area is 142 Å². The van der Waals surface area contributed by atoms with E-state index in [-0.39, 0.29) is 5.91 Å². The molecule has 0 bridgehead atoms. The molecule has 0 atom stereocenters. The molecule has 0 saturated heterocycles. The van der Waals surface area contributed by atoms with Gasteiger partial charge in [0.05, 0.1) is 14.2 Å². The number of amides is 1. The summed E-state index contributed by atoms with van der Waals surface area (Å²) in [7, 11) is 3.24. The minimum Gasteiger partial charge on any atom is -0.493 e. The maximum atomic E-state index is 12.2. The van der Waals surface area contributed by atoms with Gasteiger partial charge in [0, 0.05) is 17.8 Å². The lowest BCUT2D eigenvalue weighted by Crippen LogP contribution is -2.25. The Morgan fingerprint density at radius 3 is 2.54 bits per heavy atom. The van der Waals surface area contributed by atoms with Crippen LogP contribution in [0, 0.1) is 6.92 Å². The average molecular weight is 328 g/mol. The Morgan fingerprint density at radius 2 is 1.83 bits per heavy atom. The first kappa shape index (κ1) is 17.7. The summed E-state index contributed by atoms with van der Waals surface area (Å²) in [6.45, 7) is 2.50. The third kappa shape index (κ3) is 4.41. The lowest BCUT2D eigenvalue weighted by molar-refractivity contribution is 0.0952. The summed E-state index contributed by atoms with van der Waals surface area (Å²) in [4.78, 5) is 12.2. The first-order chi connectivity index (χ1) is 11.5. The second-order valence-corrected chi connectivity index (χ2v) is 5.62. The van der Waals surface area contributed by atoms with Crippen molar-refractivity contribution in [2.75, 3.05) is 26.5 Å². The number of carbonyl (C=O) groups excluding carboxylic acids is 1. The largest absolute Gasteiger partial charge is 0.493 e. The van der Waals surface area contributed by atoms with Crippen molar-refractivity contribution in [2.24, 2.45) is 0 Å². The second-order valence-electron chi connectivity index (χ2n) is 5.62. The Bertz CT molecular complexity index is 714. The maximum absolute atomic E-state index is 12.2. The van der Waals surface area contributed by atoms with Crippen molar-refractivity contribution in [2.45, 2.75) is 19.8 Å². The van der Waals surface area contributed by atoms with Crippen LogP contribution in [0.15, 0.2) is 36.4 Å². The lowest BCUT2D eigenvalue weighted by Gasteiger charge is -2.10. The number of ether oxygens (including phenoxy) is 2. The summed E-state index contributed by atoms with van der Waals surface area (Å²) in [6, 6.07) is 11.2. The van der Waals surface area contributed by atoms with Crippen LogP contribution in [0.4, 0.5) is 5.69 Å². The molecule has 128 valence electrons. The van der Waals surface area contributed by atoms with E-state index in [0.717, 1.165) is 29.7 Å². The summed E-state index contributed by atoms with van der Waals surface area (Å²) in [5, 5.41) is 2.94. The maximum Gasteiger partial charge on any atom is 0.251 e. The number of methoxy groups -OCH3 is 2. The van der Waals surface area contributed by atoms with Crippen molar-refractivity contribution in [3.05, 3.63) is 53.1 Å². The molecule has 0 unspecified atom stereocenters. The van der Waals surface area contributed by atoms with Gasteiger partial charge in [-0.25, -0.2) is 0 Å². The number of nitrogen functional groups attached to an aromatic ring is 1. The summed E-state index contributed by atoms with van der Waals surface area (Å²) >= 11 is 0. The predicted molar refractivity (Wildman–Crippen MR) is 95.8 cm³/mol. The zero-order valence-electron chi connectivity index (χ0n) is 14.4. The summed E-state index contributed by atoms with van der Waals surface area (Å²) < 4.78 is 10.5. The molecule has 0 aromatic heterocycles. The summed E-state index contributed by atoms with van der Waals surface area (Å²) in [5.74, 6) is 1.34. The number of rotatable bonds is 7. The molecule has 2 aromatic carbocycles. The van der Waals surface area contributed by atoms with E-state index in [1.165, 1.54) is 0 Å². The van der Waals surface area contributed by atoms with Crippen molar-refractivity contribution in [3.63, 3.8) is 0 Å². The van der Waals surface area contributed by atoms with Gasteiger partial charge >= 0.3 is 0 Å². The van der Waals surface area contributed by atoms with Crippen molar-refractivity contribution < 1.29 is 14.3 Å². The van der Waals surface area contributed by atoms with Gasteiger partial charge in [0.15, 0.2) is 11.5 Å². The highest BCUT2D eigenvalue weighted by Gasteiger charge is 2.09. The van der Waals surface area contributed by atoms with Gasteiger partial charge in [0.25, 0.3) is 5.91 Å². The molecule has 0 aliphatic heterocycles. The van der Waals surface area contributed by atoms with Crippen molar-refractivity contribution in [1.82, 2.24) is 5.32 Å². The predicted octanol–water partition coefficient (Wildman–Crippen LogP) is 2.96. The zero-order chi connectivity index (χ0) is 17.5. The SMILES string of the molecule is COc1ccc(CCCNC(=O)c2cc(N)ccc2C)cc1OC. The molecular formula is C19H24N2O3. The number of nitrogens with two attached hydrogens (primary N) is 1. The van der Waals surface area contributed by atoms with Crippen LogP contribution in [0.3, 0.4) is 0 Å². The molecule has 2 aromatic rings. The Morgan fingerprint density at radius 1 is 1.08 bits per heavy atom. The standard InChI is InChI=1S/C19H24N2O3/c1-13-6-8-15(20)12-16(13)19(22)21-10-4-5-14-7-9-17(23-2)18(11-14)24-3/h6-9,11-12H,4-5,10,20H2,1-3H3,(H,21,22). The first-order valence-electron chi connectivity index (χ1n) is 7.90. The molecule has 3 N–H and O–H groups in total. The fraction of sp³-hybridized carbons (Fsp3) is 0.316. The molecule has 0 saturated carbocycles. The molecule has 0 fully saturated rings. The van der Waals surface area contributed by atoms with Crippen molar-refractivity contribution in [1.29, 1.82) is 0 Å². The lowest BCUT2D eigenvalue weighted by atomic mass is 10.1.